The fraction of sp³-hybridized carbons (Fsp3) is 0.231. The van der Waals surface area contributed by atoms with Gasteiger partial charge in [-0.25, -0.2) is 14.4 Å². The number of nitrogens with one attached hydrogen (secondary N) is 1. The molecule has 0 saturated heterocycles. The minimum absolute atomic E-state index is 0.238. The van der Waals surface area contributed by atoms with E-state index in [0.717, 1.165) is 30.0 Å². The zero-order chi connectivity index (χ0) is 12.1. The number of likely N-dealkylation sites (N-methyl/N-ethyl adjacent to an activating group) is 1. The van der Waals surface area contributed by atoms with Gasteiger partial charge in [0.2, 0.25) is 0 Å². The average Bonchev–Trinajstić information content (AvgIpc) is 2.37. The van der Waals surface area contributed by atoms with Crippen LogP contribution < -0.4 is 5.32 Å². The first-order chi connectivity index (χ1) is 8.29. The molecule has 0 unspecified atom stereocenters. The highest BCUT2D eigenvalue weighted by Gasteiger charge is 2.02. The van der Waals surface area contributed by atoms with Crippen molar-refractivity contribution in [2.75, 3.05) is 13.6 Å². The predicted octanol–water partition coefficient (Wildman–Crippen LogP) is 2.04. The van der Waals surface area contributed by atoms with Crippen LogP contribution in [0.5, 0.6) is 0 Å². The maximum Gasteiger partial charge on any atom is 0.130 e. The summed E-state index contributed by atoms with van der Waals surface area (Å²) in [6.45, 7) is 0.840. The van der Waals surface area contributed by atoms with Crippen LogP contribution in [0.4, 0.5) is 4.39 Å². The Morgan fingerprint density at radius 2 is 1.94 bits per heavy atom. The first-order valence-electron chi connectivity index (χ1n) is 5.52. The van der Waals surface area contributed by atoms with Crippen molar-refractivity contribution in [1.82, 2.24) is 15.3 Å². The quantitative estimate of drug-likeness (QED) is 0.875. The molecule has 17 heavy (non-hydrogen) atoms. The standard InChI is InChI=1S/C13H14FN3/c1-15-8-7-13-16-9-6-12(17-13)10-2-4-11(14)5-3-10/h2-6,9,15H,7-8H2,1H3. The molecule has 1 aromatic carbocycles. The van der Waals surface area contributed by atoms with E-state index in [9.17, 15) is 4.39 Å². The summed E-state index contributed by atoms with van der Waals surface area (Å²) in [5.41, 5.74) is 1.73. The second-order valence-corrected chi connectivity index (χ2v) is 3.72. The SMILES string of the molecule is CNCCc1nccc(-c2ccc(F)cc2)n1. The van der Waals surface area contributed by atoms with Gasteiger partial charge >= 0.3 is 0 Å². The number of hydrogen-bond donors (Lipinski definition) is 1. The Morgan fingerprint density at radius 3 is 2.65 bits per heavy atom. The fourth-order valence-corrected chi connectivity index (χ4v) is 1.54. The molecular formula is C13H14FN3. The van der Waals surface area contributed by atoms with Crippen LogP contribution in [-0.2, 0) is 6.42 Å². The summed E-state index contributed by atoms with van der Waals surface area (Å²) in [6.07, 6.45) is 2.52. The van der Waals surface area contributed by atoms with Gasteiger partial charge in [-0.2, -0.15) is 0 Å². The number of halogens is 1. The highest BCUT2D eigenvalue weighted by molar-refractivity contribution is 5.58. The van der Waals surface area contributed by atoms with Gasteiger partial charge in [-0.1, -0.05) is 0 Å². The first kappa shape index (κ1) is 11.7. The minimum Gasteiger partial charge on any atom is -0.319 e. The number of aromatic nitrogens is 2. The van der Waals surface area contributed by atoms with E-state index >= 15 is 0 Å². The molecule has 1 heterocycles. The molecule has 0 spiro atoms. The van der Waals surface area contributed by atoms with E-state index < -0.39 is 0 Å². The van der Waals surface area contributed by atoms with Crippen LogP contribution >= 0.6 is 0 Å². The van der Waals surface area contributed by atoms with Gasteiger partial charge in [0.1, 0.15) is 11.6 Å². The van der Waals surface area contributed by atoms with E-state index in [1.165, 1.54) is 12.1 Å². The third kappa shape index (κ3) is 3.07. The highest BCUT2D eigenvalue weighted by Crippen LogP contribution is 2.16. The lowest BCUT2D eigenvalue weighted by Crippen LogP contribution is -2.12. The summed E-state index contributed by atoms with van der Waals surface area (Å²) >= 11 is 0. The third-order valence-electron chi connectivity index (χ3n) is 2.44. The van der Waals surface area contributed by atoms with Gasteiger partial charge in [0, 0.05) is 24.7 Å². The number of hydrogen-bond acceptors (Lipinski definition) is 3. The Hall–Kier alpha value is -1.81. The van der Waals surface area contributed by atoms with Crippen molar-refractivity contribution < 1.29 is 4.39 Å². The van der Waals surface area contributed by atoms with Crippen molar-refractivity contribution in [2.45, 2.75) is 6.42 Å². The van der Waals surface area contributed by atoms with E-state index in [2.05, 4.69) is 15.3 Å². The number of benzene rings is 1. The first-order valence-corrected chi connectivity index (χ1v) is 5.52. The van der Waals surface area contributed by atoms with Gasteiger partial charge < -0.3 is 5.32 Å². The zero-order valence-electron chi connectivity index (χ0n) is 9.65. The van der Waals surface area contributed by atoms with Crippen molar-refractivity contribution in [1.29, 1.82) is 0 Å². The van der Waals surface area contributed by atoms with E-state index in [-0.39, 0.29) is 5.82 Å². The van der Waals surface area contributed by atoms with Crippen molar-refractivity contribution >= 4 is 0 Å². The van der Waals surface area contributed by atoms with Gasteiger partial charge in [-0.15, -0.1) is 0 Å². The van der Waals surface area contributed by atoms with Crippen molar-refractivity contribution in [3.63, 3.8) is 0 Å². The lowest BCUT2D eigenvalue weighted by atomic mass is 10.1. The Kier molecular flexibility index (Phi) is 3.77. The smallest absolute Gasteiger partial charge is 0.130 e. The largest absolute Gasteiger partial charge is 0.319 e. The van der Waals surface area contributed by atoms with Gasteiger partial charge in [-0.3, -0.25) is 0 Å². The van der Waals surface area contributed by atoms with Crippen LogP contribution in [0, 0.1) is 5.82 Å². The summed E-state index contributed by atoms with van der Waals surface area (Å²) in [5, 5.41) is 3.05. The zero-order valence-corrected chi connectivity index (χ0v) is 9.65. The third-order valence-corrected chi connectivity index (χ3v) is 2.44. The Balaban J connectivity index is 2.23. The molecule has 0 amide bonds. The predicted molar refractivity (Wildman–Crippen MR) is 65.1 cm³/mol. The summed E-state index contributed by atoms with van der Waals surface area (Å²) in [5.74, 6) is 0.555. The maximum absolute atomic E-state index is 12.8. The molecule has 88 valence electrons. The van der Waals surface area contributed by atoms with Gasteiger partial charge in [0.25, 0.3) is 0 Å². The molecule has 0 aliphatic rings. The van der Waals surface area contributed by atoms with Crippen LogP contribution in [0.1, 0.15) is 5.82 Å². The molecule has 0 aliphatic heterocycles. The lowest BCUT2D eigenvalue weighted by molar-refractivity contribution is 0.628. The molecule has 0 aliphatic carbocycles. The number of rotatable bonds is 4. The summed E-state index contributed by atoms with van der Waals surface area (Å²) < 4.78 is 12.8. The maximum atomic E-state index is 12.8. The van der Waals surface area contributed by atoms with Gasteiger partial charge in [0.15, 0.2) is 0 Å². The van der Waals surface area contributed by atoms with Crippen LogP contribution in [0.15, 0.2) is 36.5 Å². The topological polar surface area (TPSA) is 37.8 Å². The summed E-state index contributed by atoms with van der Waals surface area (Å²) in [4.78, 5) is 8.63. The molecule has 0 saturated carbocycles. The highest BCUT2D eigenvalue weighted by atomic mass is 19.1. The molecule has 0 bridgehead atoms. The molecule has 3 nitrogen and oxygen atoms in total. The monoisotopic (exact) mass is 231 g/mol. The van der Waals surface area contributed by atoms with Crippen molar-refractivity contribution in [3.8, 4) is 11.3 Å². The second kappa shape index (κ2) is 5.50. The molecule has 0 fully saturated rings. The van der Waals surface area contributed by atoms with Crippen molar-refractivity contribution in [2.24, 2.45) is 0 Å². The fourth-order valence-electron chi connectivity index (χ4n) is 1.54. The molecule has 4 heteroatoms. The van der Waals surface area contributed by atoms with E-state index in [4.69, 9.17) is 0 Å². The second-order valence-electron chi connectivity index (χ2n) is 3.72. The van der Waals surface area contributed by atoms with Gasteiger partial charge in [-0.05, 0) is 37.4 Å². The Bertz CT molecular complexity index is 482. The van der Waals surface area contributed by atoms with E-state index in [0.29, 0.717) is 0 Å². The lowest BCUT2D eigenvalue weighted by Gasteiger charge is -2.03. The average molecular weight is 231 g/mol. The van der Waals surface area contributed by atoms with E-state index in [1.54, 1.807) is 18.3 Å². The van der Waals surface area contributed by atoms with Gasteiger partial charge in [0.05, 0.1) is 5.69 Å². The molecular weight excluding hydrogens is 217 g/mol. The number of nitrogens with zero attached hydrogens (tertiary/aromatic N) is 2. The molecule has 0 atom stereocenters. The molecule has 1 aromatic heterocycles. The molecule has 1 N–H and O–H groups in total. The van der Waals surface area contributed by atoms with Crippen LogP contribution in [-0.4, -0.2) is 23.6 Å². The molecule has 2 rings (SSSR count). The van der Waals surface area contributed by atoms with Crippen LogP contribution in [0.25, 0.3) is 11.3 Å². The van der Waals surface area contributed by atoms with Crippen LogP contribution in [0.2, 0.25) is 0 Å². The van der Waals surface area contributed by atoms with E-state index in [1.807, 2.05) is 13.1 Å². The van der Waals surface area contributed by atoms with Crippen LogP contribution in [0.3, 0.4) is 0 Å². The molecule has 0 radical (unpaired) electrons. The van der Waals surface area contributed by atoms with Crippen molar-refractivity contribution in [3.05, 3.63) is 48.2 Å². The Labute approximate surface area is 99.7 Å². The summed E-state index contributed by atoms with van der Waals surface area (Å²) in [6, 6.07) is 8.14. The Morgan fingerprint density at radius 1 is 1.18 bits per heavy atom. The normalized spacial score (nSPS) is 10.5. The summed E-state index contributed by atoms with van der Waals surface area (Å²) in [7, 11) is 1.89. The molecule has 2 aromatic rings. The minimum atomic E-state index is -0.238.